The Labute approximate surface area is 639 Å². The Morgan fingerprint density at radius 3 is 1.61 bits per heavy atom. The molecule has 5 aromatic heterocycles. The molecule has 1 aliphatic heterocycles. The molecule has 572 valence electrons. The fourth-order valence-electron chi connectivity index (χ4n) is 7.64. The number of nitrogens with one attached hydrogen (secondary N) is 1. The highest BCUT2D eigenvalue weighted by Crippen LogP contribution is 2.36. The van der Waals surface area contributed by atoms with Crippen molar-refractivity contribution >= 4 is 184 Å². The maximum Gasteiger partial charge on any atom is 0.433 e. The lowest BCUT2D eigenvalue weighted by atomic mass is 10.2. The van der Waals surface area contributed by atoms with Crippen LogP contribution in [-0.2, 0) is 86.1 Å². The molecule has 0 unspecified atom stereocenters. The minimum absolute atomic E-state index is 0.0196. The minimum atomic E-state index is -4.52. The number of aryl methyl sites for hydroxylation is 1. The number of carbonyl (C=O) groups is 1. The number of alkyl halides is 3. The molecule has 0 atom stereocenters. The SMILES string of the molecule is CC(=O)Nc1ccc(S(=O)(=O)Cl)cc1Cl.Cn1nc(-c2ccc(S(=O)(=O)Cl)s2)cc1C(F)(F)F.O=S(=O)(Cl)c1ccc(-c2cnco2)cc1.O=S(=O)(Cl)c1ccc(-n2cccn2)cc1.O=S(=O)(Cl)c1ccc(F)c(F)c1F.O=S(=O)(Cl)c1ccc(N2CCOCC2)nc1.O=[N+]([O-])c1cccc(S(=O)(=O)Cl)c1. The normalized spacial score (nSPS) is 12.6. The van der Waals surface area contributed by atoms with Crippen molar-refractivity contribution in [2.75, 3.05) is 36.5 Å². The highest BCUT2D eigenvalue weighted by atomic mass is 35.7. The topological polar surface area (TPSA) is 398 Å². The van der Waals surface area contributed by atoms with Gasteiger partial charge in [-0.05, 0) is 121 Å². The average molecular weight is 1800 g/mol. The summed E-state index contributed by atoms with van der Waals surface area (Å²) in [5, 5.41) is 20.5. The lowest BCUT2D eigenvalue weighted by Crippen LogP contribution is -2.36. The average Bonchev–Trinajstić information content (AvgIpc) is 1.65. The number of morpholine rings is 1. The number of ether oxygens (including phenoxy) is 1. The van der Waals surface area contributed by atoms with E-state index in [1.807, 2.05) is 4.90 Å². The summed E-state index contributed by atoms with van der Waals surface area (Å²) in [5.41, 5.74) is 0.702. The van der Waals surface area contributed by atoms with Gasteiger partial charge in [-0.25, -0.2) is 86.7 Å². The molecule has 10 aromatic rings. The quantitative estimate of drug-likeness (QED) is 0.0368. The summed E-state index contributed by atoms with van der Waals surface area (Å²) >= 11 is 6.50. The summed E-state index contributed by atoms with van der Waals surface area (Å²) in [4.78, 5) is 29.2. The second kappa shape index (κ2) is 37.7. The number of oxazole rings is 1. The predicted octanol–water partition coefficient (Wildman–Crippen LogP) is 13.8. The van der Waals surface area contributed by atoms with Gasteiger partial charge in [0.15, 0.2) is 29.6 Å². The van der Waals surface area contributed by atoms with Gasteiger partial charge in [-0.2, -0.15) is 23.4 Å². The van der Waals surface area contributed by atoms with E-state index in [0.717, 1.165) is 53.6 Å². The molecule has 11 rings (SSSR count). The number of benzene rings is 5. The largest absolute Gasteiger partial charge is 0.444 e. The third-order valence-electron chi connectivity index (χ3n) is 12.4. The van der Waals surface area contributed by atoms with Gasteiger partial charge < -0.3 is 19.4 Å². The molecule has 1 saturated heterocycles. The molecule has 106 heavy (non-hydrogen) atoms. The number of carbonyl (C=O) groups excluding carboxylic acids is 1. The van der Waals surface area contributed by atoms with Crippen molar-refractivity contribution < 1.29 is 104 Å². The van der Waals surface area contributed by atoms with E-state index < -0.39 is 102 Å². The molecule has 1 aliphatic rings. The van der Waals surface area contributed by atoms with Crippen molar-refractivity contribution in [2.24, 2.45) is 7.05 Å². The van der Waals surface area contributed by atoms with Gasteiger partial charge in [-0.3, -0.25) is 19.6 Å². The van der Waals surface area contributed by atoms with Crippen molar-refractivity contribution in [3.63, 3.8) is 0 Å². The maximum absolute atomic E-state index is 12.7. The fourth-order valence-corrected chi connectivity index (χ4v) is 14.6. The summed E-state index contributed by atoms with van der Waals surface area (Å²) in [6, 6.07) is 29.9. The van der Waals surface area contributed by atoms with Crippen molar-refractivity contribution in [3.8, 4) is 27.6 Å². The summed E-state index contributed by atoms with van der Waals surface area (Å²) in [7, 11) is 9.75. The Morgan fingerprint density at radius 2 is 1.17 bits per heavy atom. The number of nitrogens with zero attached hydrogens (tertiary/aromatic N) is 8. The molecule has 0 radical (unpaired) electrons. The zero-order valence-electron chi connectivity index (χ0n) is 52.4. The third kappa shape index (κ3) is 28.1. The van der Waals surface area contributed by atoms with Crippen LogP contribution in [0.5, 0.6) is 0 Å². The molecule has 1 fully saturated rings. The number of non-ortho nitro benzene ring substituents is 1. The molecular formula is C56H43Cl8F6N9O19S8. The smallest absolute Gasteiger partial charge is 0.433 e. The van der Waals surface area contributed by atoms with Crippen molar-refractivity contribution in [2.45, 2.75) is 46.7 Å². The van der Waals surface area contributed by atoms with Gasteiger partial charge in [0.25, 0.3) is 69.0 Å². The molecule has 0 spiro atoms. The van der Waals surface area contributed by atoms with Crippen LogP contribution >= 0.6 is 97.7 Å². The molecule has 5 aromatic carbocycles. The lowest BCUT2D eigenvalue weighted by Gasteiger charge is -2.27. The Balaban J connectivity index is 0.000000223. The Bertz CT molecular complexity index is 5490. The summed E-state index contributed by atoms with van der Waals surface area (Å²) in [6.07, 6.45) is 3.02. The van der Waals surface area contributed by atoms with Crippen LogP contribution in [0.1, 0.15) is 12.6 Å². The van der Waals surface area contributed by atoms with E-state index in [-0.39, 0.29) is 51.0 Å². The van der Waals surface area contributed by atoms with Crippen molar-refractivity contribution in [1.29, 1.82) is 0 Å². The van der Waals surface area contributed by atoms with Gasteiger partial charge in [0, 0.05) is 138 Å². The van der Waals surface area contributed by atoms with E-state index in [1.165, 1.54) is 105 Å². The monoisotopic (exact) mass is 1790 g/mol. The van der Waals surface area contributed by atoms with Crippen LogP contribution in [0.4, 0.5) is 43.5 Å². The maximum atomic E-state index is 12.7. The minimum Gasteiger partial charge on any atom is -0.444 e. The van der Waals surface area contributed by atoms with Gasteiger partial charge in [0.1, 0.15) is 31.2 Å². The van der Waals surface area contributed by atoms with E-state index in [4.69, 9.17) is 95.5 Å². The highest BCUT2D eigenvalue weighted by molar-refractivity contribution is 8.16. The number of hydrogen-bond donors (Lipinski definition) is 1. The van der Waals surface area contributed by atoms with Crippen molar-refractivity contribution in [3.05, 3.63) is 209 Å². The standard InChI is InChI=1S/C9H6ClF3N2O2S2.C9H11ClN2O3S.C9H7ClN2O2S.C9H6ClNO3S.C8H7Cl2NO3S.C6H2ClF3O2S.C6H4ClNO4S/c1-15-7(9(11,12)13)4-5(14-15)6-2-3-8(18-6)19(10,16)17;10-16(13,14)8-1-2-9(11-7-8)12-3-5-15-6-4-12;10-15(13,14)9-4-2-8(3-5-9)12-7-1-6-11-12;10-15(12,13)8-3-1-7(2-4-8)9-5-11-6-14-9;1-5(12)11-8-3-2-6(4-7(8)9)15(10,13)14;7-13(11,12)4-2-1-3(8)5(9)6(4)10;7-13(11,12)6-3-1-2-5(4-6)8(9)10/h2-4H,1H3;1-2,7H,3-6H2;1-7H;1-6H;2-4H,1H3,(H,11,12);1-2H;1-4H. The highest BCUT2D eigenvalue weighted by Gasteiger charge is 2.35. The first-order chi connectivity index (χ1) is 48.9. The number of amides is 1. The summed E-state index contributed by atoms with van der Waals surface area (Å²) < 4.78 is 240. The zero-order chi connectivity index (χ0) is 79.7. The molecule has 6 heterocycles. The molecule has 1 amide bonds. The number of anilines is 2. The fraction of sp³-hybridized carbons (Fsp3) is 0.125. The van der Waals surface area contributed by atoms with E-state index in [2.05, 4.69) is 25.5 Å². The van der Waals surface area contributed by atoms with E-state index in [1.54, 1.807) is 59.7 Å². The number of thiophene rings is 1. The van der Waals surface area contributed by atoms with Crippen LogP contribution in [0.15, 0.2) is 209 Å². The molecule has 1 N–H and O–H groups in total. The summed E-state index contributed by atoms with van der Waals surface area (Å²) in [6.45, 7) is 4.18. The first-order valence-electron chi connectivity index (χ1n) is 27.5. The van der Waals surface area contributed by atoms with Gasteiger partial charge in [-0.1, -0.05) is 17.7 Å². The van der Waals surface area contributed by atoms with Gasteiger partial charge in [0.2, 0.25) is 5.91 Å². The van der Waals surface area contributed by atoms with E-state index in [0.29, 0.717) is 46.4 Å². The van der Waals surface area contributed by atoms with Gasteiger partial charge in [-0.15, -0.1) is 11.3 Å². The number of aromatic nitrogens is 6. The van der Waals surface area contributed by atoms with Crippen LogP contribution in [0.25, 0.3) is 27.6 Å². The first kappa shape index (κ1) is 89.4. The Hall–Kier alpha value is -7.24. The third-order valence-corrected chi connectivity index (χ3v) is 24.1. The second-order valence-electron chi connectivity index (χ2n) is 19.8. The number of nitro benzene ring substituents is 1. The van der Waals surface area contributed by atoms with Gasteiger partial charge in [0.05, 0.1) is 65.2 Å². The van der Waals surface area contributed by atoms with E-state index >= 15 is 0 Å². The number of nitro groups is 1. The molecule has 0 saturated carbocycles. The van der Waals surface area contributed by atoms with Crippen molar-refractivity contribution in [1.82, 2.24) is 29.5 Å². The van der Waals surface area contributed by atoms with Crippen LogP contribution < -0.4 is 10.2 Å². The van der Waals surface area contributed by atoms with Crippen LogP contribution in [0.2, 0.25) is 5.02 Å². The van der Waals surface area contributed by atoms with Crippen LogP contribution in [-0.4, -0.2) is 126 Å². The molecule has 0 bridgehead atoms. The van der Waals surface area contributed by atoms with Crippen LogP contribution in [0, 0.1) is 27.6 Å². The van der Waals surface area contributed by atoms with Gasteiger partial charge >= 0.3 is 6.18 Å². The molecule has 0 aliphatic carbocycles. The molecule has 50 heteroatoms. The Morgan fingerprint density at radius 1 is 0.623 bits per heavy atom. The molecular weight excluding hydrogens is 1760 g/mol. The predicted molar refractivity (Wildman–Crippen MR) is 381 cm³/mol. The van der Waals surface area contributed by atoms with Crippen LogP contribution in [0.3, 0.4) is 0 Å². The Kier molecular flexibility index (Phi) is 31.8. The molecule has 28 nitrogen and oxygen atoms in total. The number of halogens is 14. The zero-order valence-corrected chi connectivity index (χ0v) is 65.0. The first-order valence-corrected chi connectivity index (χ1v) is 44.9. The lowest BCUT2D eigenvalue weighted by molar-refractivity contribution is -0.385. The van der Waals surface area contributed by atoms with E-state index in [9.17, 15) is 100 Å². The number of pyridine rings is 1. The second-order valence-corrected chi connectivity index (χ2v) is 39.4. The number of hydrogen-bond acceptors (Lipinski definition) is 25. The summed E-state index contributed by atoms with van der Waals surface area (Å²) in [5.74, 6) is -4.11. The number of rotatable bonds is 13.